The fourth-order valence-corrected chi connectivity index (χ4v) is 3.82. The predicted molar refractivity (Wildman–Crippen MR) is 110 cm³/mol. The van der Waals surface area contributed by atoms with E-state index in [0.717, 1.165) is 29.4 Å². The molecule has 2 aromatic carbocycles. The largest absolute Gasteiger partial charge is 0.467 e. The van der Waals surface area contributed by atoms with Crippen molar-refractivity contribution in [1.29, 1.82) is 0 Å². The summed E-state index contributed by atoms with van der Waals surface area (Å²) in [4.78, 5) is 24.2. The standard InChI is InChI=1S/C23H24F3NO5/c1-31-22(29)21(20(26)19(25)10-13(28)11-24)27-23(30)32-12-18-16-8-4-2-6-14(16)15-7-3-5-9-17(15)18/h2-9,13,18-21,28H,10-12H2,1H3,(H,27,30)/t13?,19?,20?,21-/m1/s1. The molecule has 1 aliphatic carbocycles. The minimum atomic E-state index is -2.57. The number of halogens is 3. The molecule has 172 valence electrons. The number of alkyl halides is 3. The van der Waals surface area contributed by atoms with Gasteiger partial charge in [-0.25, -0.2) is 22.8 Å². The molecule has 3 unspecified atom stereocenters. The summed E-state index contributed by atoms with van der Waals surface area (Å²) in [6, 6.07) is 13.3. The summed E-state index contributed by atoms with van der Waals surface area (Å²) in [6.45, 7) is -1.36. The summed E-state index contributed by atoms with van der Waals surface area (Å²) in [5.74, 6) is -1.50. The Balaban J connectivity index is 1.68. The van der Waals surface area contributed by atoms with Gasteiger partial charge in [0.25, 0.3) is 0 Å². The normalized spacial score (nSPS) is 16.3. The fourth-order valence-electron chi connectivity index (χ4n) is 3.82. The maximum absolute atomic E-state index is 14.5. The number of ether oxygens (including phenoxy) is 2. The van der Waals surface area contributed by atoms with E-state index in [1.807, 2.05) is 53.8 Å². The van der Waals surface area contributed by atoms with Gasteiger partial charge in [0.05, 0.1) is 13.2 Å². The maximum atomic E-state index is 14.5. The molecule has 0 saturated heterocycles. The summed E-state index contributed by atoms with van der Waals surface area (Å²) in [6.07, 6.45) is -8.71. The van der Waals surface area contributed by atoms with Crippen LogP contribution in [0.1, 0.15) is 23.5 Å². The van der Waals surface area contributed by atoms with Crippen molar-refractivity contribution < 1.29 is 37.3 Å². The number of alkyl carbamates (subject to hydrolysis) is 1. The number of amides is 1. The number of nitrogens with one attached hydrogen (secondary N) is 1. The molecule has 0 spiro atoms. The van der Waals surface area contributed by atoms with Crippen LogP contribution in [0.3, 0.4) is 0 Å². The van der Waals surface area contributed by atoms with Crippen molar-refractivity contribution in [2.45, 2.75) is 36.8 Å². The molecule has 0 heterocycles. The first kappa shape index (κ1) is 23.6. The smallest absolute Gasteiger partial charge is 0.407 e. The molecule has 0 aromatic heterocycles. The van der Waals surface area contributed by atoms with Crippen molar-refractivity contribution in [3.05, 3.63) is 59.7 Å². The molecule has 0 radical (unpaired) electrons. The molecule has 2 aromatic rings. The monoisotopic (exact) mass is 451 g/mol. The Hall–Kier alpha value is -3.07. The number of carbonyl (C=O) groups is 2. The molecule has 4 atom stereocenters. The van der Waals surface area contributed by atoms with E-state index in [-0.39, 0.29) is 12.5 Å². The zero-order valence-corrected chi connectivity index (χ0v) is 17.3. The van der Waals surface area contributed by atoms with Gasteiger partial charge in [-0.3, -0.25) is 0 Å². The van der Waals surface area contributed by atoms with E-state index in [9.17, 15) is 27.9 Å². The highest BCUT2D eigenvalue weighted by Crippen LogP contribution is 2.44. The highest BCUT2D eigenvalue weighted by molar-refractivity contribution is 5.82. The van der Waals surface area contributed by atoms with Crippen molar-refractivity contribution in [3.8, 4) is 11.1 Å². The van der Waals surface area contributed by atoms with Gasteiger partial charge in [-0.2, -0.15) is 0 Å². The average molecular weight is 451 g/mol. The first-order valence-corrected chi connectivity index (χ1v) is 10.1. The summed E-state index contributed by atoms with van der Waals surface area (Å²) in [7, 11) is 0.950. The Morgan fingerprint density at radius 2 is 1.62 bits per heavy atom. The summed E-state index contributed by atoms with van der Waals surface area (Å²) >= 11 is 0. The van der Waals surface area contributed by atoms with Crippen LogP contribution < -0.4 is 5.32 Å². The van der Waals surface area contributed by atoms with Gasteiger partial charge in [-0.05, 0) is 22.3 Å². The number of fused-ring (bicyclic) bond motifs is 3. The Bertz CT molecular complexity index is 911. The highest BCUT2D eigenvalue weighted by atomic mass is 19.2. The number of aliphatic hydroxyl groups is 1. The first-order chi connectivity index (χ1) is 15.4. The van der Waals surface area contributed by atoms with Crippen molar-refractivity contribution in [3.63, 3.8) is 0 Å². The minimum Gasteiger partial charge on any atom is -0.467 e. The molecule has 9 heteroatoms. The van der Waals surface area contributed by atoms with Crippen LogP contribution in [0.4, 0.5) is 18.0 Å². The highest BCUT2D eigenvalue weighted by Gasteiger charge is 2.38. The van der Waals surface area contributed by atoms with Gasteiger partial charge in [-0.1, -0.05) is 48.5 Å². The lowest BCUT2D eigenvalue weighted by atomic mass is 9.98. The lowest BCUT2D eigenvalue weighted by Gasteiger charge is -2.23. The van der Waals surface area contributed by atoms with E-state index < -0.39 is 49.6 Å². The predicted octanol–water partition coefficient (Wildman–Crippen LogP) is 3.46. The average Bonchev–Trinajstić information content (AvgIpc) is 3.13. The van der Waals surface area contributed by atoms with Crippen LogP contribution in [0.2, 0.25) is 0 Å². The quantitative estimate of drug-likeness (QED) is 0.571. The number of methoxy groups -OCH3 is 1. The third-order valence-corrected chi connectivity index (χ3v) is 5.41. The Morgan fingerprint density at radius 3 is 2.16 bits per heavy atom. The van der Waals surface area contributed by atoms with Gasteiger partial charge >= 0.3 is 12.1 Å². The molecular formula is C23H24F3NO5. The van der Waals surface area contributed by atoms with E-state index in [1.54, 1.807) is 0 Å². The fraction of sp³-hybridized carbons (Fsp3) is 0.391. The molecule has 0 saturated carbocycles. The second kappa shape index (κ2) is 10.5. The topological polar surface area (TPSA) is 84.9 Å². The van der Waals surface area contributed by atoms with E-state index in [1.165, 1.54) is 0 Å². The second-order valence-electron chi connectivity index (χ2n) is 7.47. The van der Waals surface area contributed by atoms with Crippen molar-refractivity contribution >= 4 is 12.1 Å². The number of benzene rings is 2. The van der Waals surface area contributed by atoms with E-state index in [0.29, 0.717) is 0 Å². The van der Waals surface area contributed by atoms with E-state index in [4.69, 9.17) is 4.74 Å². The van der Waals surface area contributed by atoms with Gasteiger partial charge in [0.15, 0.2) is 12.2 Å². The molecule has 6 nitrogen and oxygen atoms in total. The second-order valence-corrected chi connectivity index (χ2v) is 7.47. The van der Waals surface area contributed by atoms with E-state index in [2.05, 4.69) is 4.74 Å². The van der Waals surface area contributed by atoms with Crippen molar-refractivity contribution in [2.24, 2.45) is 0 Å². The molecule has 0 bridgehead atoms. The molecular weight excluding hydrogens is 427 g/mol. The summed E-state index contributed by atoms with van der Waals surface area (Å²) in [5, 5.41) is 11.2. The zero-order valence-electron chi connectivity index (χ0n) is 17.3. The minimum absolute atomic E-state index is 0.0929. The summed E-state index contributed by atoms with van der Waals surface area (Å²) < 4.78 is 50.7. The maximum Gasteiger partial charge on any atom is 0.407 e. The SMILES string of the molecule is COC(=O)[C@H](NC(=O)OCC1c2ccccc2-c2ccccc21)C(F)C(F)CC(O)CF. The first-order valence-electron chi connectivity index (χ1n) is 10.1. The Labute approximate surface area is 183 Å². The number of hydrogen-bond acceptors (Lipinski definition) is 5. The molecule has 2 N–H and O–H groups in total. The zero-order chi connectivity index (χ0) is 23.3. The molecule has 0 aliphatic heterocycles. The lowest BCUT2D eigenvalue weighted by molar-refractivity contribution is -0.146. The van der Waals surface area contributed by atoms with Gasteiger partial charge in [0, 0.05) is 12.3 Å². The Morgan fingerprint density at radius 1 is 1.06 bits per heavy atom. The lowest BCUT2D eigenvalue weighted by Crippen LogP contribution is -2.51. The van der Waals surface area contributed by atoms with Crippen LogP contribution in [0.15, 0.2) is 48.5 Å². The molecule has 32 heavy (non-hydrogen) atoms. The number of aliphatic hydroxyl groups excluding tert-OH is 1. The van der Waals surface area contributed by atoms with Crippen molar-refractivity contribution in [2.75, 3.05) is 20.4 Å². The third kappa shape index (κ3) is 5.04. The van der Waals surface area contributed by atoms with Crippen LogP contribution in [-0.2, 0) is 14.3 Å². The number of hydrogen-bond donors (Lipinski definition) is 2. The van der Waals surface area contributed by atoms with Gasteiger partial charge in [-0.15, -0.1) is 0 Å². The molecule has 0 fully saturated rings. The van der Waals surface area contributed by atoms with Crippen LogP contribution in [-0.4, -0.2) is 62.0 Å². The van der Waals surface area contributed by atoms with Crippen LogP contribution in [0.25, 0.3) is 11.1 Å². The van der Waals surface area contributed by atoms with Gasteiger partial charge < -0.3 is 19.9 Å². The van der Waals surface area contributed by atoms with Crippen LogP contribution in [0, 0.1) is 0 Å². The summed E-state index contributed by atoms with van der Waals surface area (Å²) in [5.41, 5.74) is 3.94. The van der Waals surface area contributed by atoms with Crippen molar-refractivity contribution in [1.82, 2.24) is 5.32 Å². The van der Waals surface area contributed by atoms with Gasteiger partial charge in [0.1, 0.15) is 19.5 Å². The number of esters is 1. The number of carbonyl (C=O) groups excluding carboxylic acids is 2. The van der Waals surface area contributed by atoms with Crippen LogP contribution >= 0.6 is 0 Å². The molecule has 1 aliphatic rings. The van der Waals surface area contributed by atoms with Crippen LogP contribution in [0.5, 0.6) is 0 Å². The van der Waals surface area contributed by atoms with E-state index >= 15 is 0 Å². The third-order valence-electron chi connectivity index (χ3n) is 5.41. The number of rotatable bonds is 9. The van der Waals surface area contributed by atoms with Gasteiger partial charge in [0.2, 0.25) is 0 Å². The Kier molecular flexibility index (Phi) is 7.74. The molecule has 3 rings (SSSR count). The molecule has 1 amide bonds.